The number of hydrogen-bond donors (Lipinski definition) is 1. The van der Waals surface area contributed by atoms with Crippen LogP contribution >= 0.6 is 0 Å². The van der Waals surface area contributed by atoms with Crippen LogP contribution in [-0.2, 0) is 0 Å². The van der Waals surface area contributed by atoms with Crippen LogP contribution in [0.5, 0.6) is 0 Å². The Balaban J connectivity index is 2.13. The second kappa shape index (κ2) is 5.54. The highest BCUT2D eigenvalue weighted by Gasteiger charge is 2.35. The third-order valence-corrected chi connectivity index (χ3v) is 4.82. The first-order valence-corrected chi connectivity index (χ1v) is 7.46. The summed E-state index contributed by atoms with van der Waals surface area (Å²) in [6, 6.07) is 6.83. The number of nitrogens with two attached hydrogens (primary N) is 1. The zero-order valence-corrected chi connectivity index (χ0v) is 12.9. The van der Waals surface area contributed by atoms with Gasteiger partial charge in [0.15, 0.2) is 0 Å². The molecule has 19 heavy (non-hydrogen) atoms. The van der Waals surface area contributed by atoms with E-state index in [0.717, 1.165) is 32.0 Å². The van der Waals surface area contributed by atoms with Crippen molar-refractivity contribution in [2.45, 2.75) is 40.5 Å². The van der Waals surface area contributed by atoms with Crippen molar-refractivity contribution in [3.8, 4) is 0 Å². The molecule has 0 radical (unpaired) electrons. The molecular weight excluding hydrogens is 232 g/mol. The van der Waals surface area contributed by atoms with Crippen LogP contribution in [0.1, 0.15) is 37.8 Å². The van der Waals surface area contributed by atoms with E-state index in [-0.39, 0.29) is 0 Å². The van der Waals surface area contributed by atoms with Crippen molar-refractivity contribution in [3.63, 3.8) is 0 Å². The fraction of sp³-hybridized carbons (Fsp3) is 0.647. The van der Waals surface area contributed by atoms with Gasteiger partial charge in [0.05, 0.1) is 0 Å². The summed E-state index contributed by atoms with van der Waals surface area (Å²) in [5, 5.41) is 0. The Labute approximate surface area is 118 Å². The van der Waals surface area contributed by atoms with Crippen LogP contribution in [0.25, 0.3) is 0 Å². The van der Waals surface area contributed by atoms with E-state index in [1.54, 1.807) is 0 Å². The van der Waals surface area contributed by atoms with E-state index in [0.29, 0.717) is 5.41 Å². The lowest BCUT2D eigenvalue weighted by atomic mass is 9.72. The molecule has 106 valence electrons. The van der Waals surface area contributed by atoms with Crippen LogP contribution in [0.2, 0.25) is 0 Å². The second-order valence-corrected chi connectivity index (χ2v) is 6.74. The molecule has 0 bridgehead atoms. The maximum Gasteiger partial charge on any atom is 0.0369 e. The van der Waals surface area contributed by atoms with E-state index in [1.807, 2.05) is 0 Å². The largest absolute Gasteiger partial charge is 0.371 e. The molecule has 0 aromatic heterocycles. The fourth-order valence-electron chi connectivity index (χ4n) is 3.28. The van der Waals surface area contributed by atoms with Crippen molar-refractivity contribution >= 4 is 5.69 Å². The Morgan fingerprint density at radius 2 is 2.00 bits per heavy atom. The van der Waals surface area contributed by atoms with Crippen molar-refractivity contribution < 1.29 is 0 Å². The molecule has 1 aliphatic heterocycles. The predicted octanol–water partition coefficient (Wildman–Crippen LogP) is 3.50. The van der Waals surface area contributed by atoms with Gasteiger partial charge in [-0.25, -0.2) is 0 Å². The van der Waals surface area contributed by atoms with Crippen molar-refractivity contribution in [1.29, 1.82) is 0 Å². The number of rotatable bonds is 3. The van der Waals surface area contributed by atoms with E-state index < -0.39 is 0 Å². The van der Waals surface area contributed by atoms with E-state index in [1.165, 1.54) is 23.2 Å². The third-order valence-electron chi connectivity index (χ3n) is 4.82. The van der Waals surface area contributed by atoms with Gasteiger partial charge in [0.1, 0.15) is 0 Å². The number of hydrogen-bond acceptors (Lipinski definition) is 2. The number of benzene rings is 1. The molecule has 1 aliphatic rings. The lowest BCUT2D eigenvalue weighted by Gasteiger charge is -2.45. The van der Waals surface area contributed by atoms with E-state index in [9.17, 15) is 0 Å². The first-order chi connectivity index (χ1) is 8.94. The second-order valence-electron chi connectivity index (χ2n) is 6.74. The van der Waals surface area contributed by atoms with Crippen LogP contribution in [0.15, 0.2) is 18.2 Å². The molecule has 2 nitrogen and oxygen atoms in total. The monoisotopic (exact) mass is 260 g/mol. The number of anilines is 1. The summed E-state index contributed by atoms with van der Waals surface area (Å²) in [5.74, 6) is 0.764. The SMILES string of the molecule is Cc1ccc(N2CCC(CCN)C(C)(C)C2)cc1C. The molecule has 1 unspecified atom stereocenters. The number of aryl methyl sites for hydroxylation is 2. The highest BCUT2D eigenvalue weighted by atomic mass is 15.1. The maximum atomic E-state index is 5.75. The summed E-state index contributed by atoms with van der Waals surface area (Å²) in [6.07, 6.45) is 2.42. The van der Waals surface area contributed by atoms with Gasteiger partial charge in [0.2, 0.25) is 0 Å². The van der Waals surface area contributed by atoms with Crippen LogP contribution < -0.4 is 10.6 Å². The quantitative estimate of drug-likeness (QED) is 0.901. The summed E-state index contributed by atoms with van der Waals surface area (Å²) in [7, 11) is 0. The Kier molecular flexibility index (Phi) is 4.19. The van der Waals surface area contributed by atoms with Gasteiger partial charge in [-0.15, -0.1) is 0 Å². The van der Waals surface area contributed by atoms with Crippen LogP contribution in [0.3, 0.4) is 0 Å². The zero-order valence-electron chi connectivity index (χ0n) is 12.9. The number of nitrogens with zero attached hydrogens (tertiary/aromatic N) is 1. The molecule has 2 heteroatoms. The van der Waals surface area contributed by atoms with Crippen LogP contribution in [-0.4, -0.2) is 19.6 Å². The lowest BCUT2D eigenvalue weighted by Crippen LogP contribution is -2.46. The molecule has 1 aromatic carbocycles. The zero-order chi connectivity index (χ0) is 14.0. The minimum atomic E-state index is 0.358. The van der Waals surface area contributed by atoms with E-state index in [2.05, 4.69) is 50.8 Å². The topological polar surface area (TPSA) is 29.3 Å². The smallest absolute Gasteiger partial charge is 0.0369 e. The summed E-state index contributed by atoms with van der Waals surface area (Å²) in [6.45, 7) is 12.3. The van der Waals surface area contributed by atoms with Gasteiger partial charge < -0.3 is 10.6 Å². The lowest BCUT2D eigenvalue weighted by molar-refractivity contribution is 0.167. The van der Waals surface area contributed by atoms with E-state index >= 15 is 0 Å². The molecule has 1 atom stereocenters. The molecule has 1 heterocycles. The summed E-state index contributed by atoms with van der Waals surface area (Å²) in [4.78, 5) is 2.54. The highest BCUT2D eigenvalue weighted by molar-refractivity contribution is 5.51. The predicted molar refractivity (Wildman–Crippen MR) is 83.7 cm³/mol. The van der Waals surface area contributed by atoms with Crippen molar-refractivity contribution in [2.75, 3.05) is 24.5 Å². The average molecular weight is 260 g/mol. The first-order valence-electron chi connectivity index (χ1n) is 7.46. The molecule has 1 fully saturated rings. The molecule has 2 N–H and O–H groups in total. The summed E-state index contributed by atoms with van der Waals surface area (Å²) in [5.41, 5.74) is 10.2. The fourth-order valence-corrected chi connectivity index (χ4v) is 3.28. The molecule has 0 amide bonds. The Bertz CT molecular complexity index is 437. The molecule has 0 spiro atoms. The molecule has 1 saturated heterocycles. The highest BCUT2D eigenvalue weighted by Crippen LogP contribution is 2.38. The third kappa shape index (κ3) is 3.11. The van der Waals surface area contributed by atoms with E-state index in [4.69, 9.17) is 5.73 Å². The van der Waals surface area contributed by atoms with Crippen molar-refractivity contribution in [2.24, 2.45) is 17.1 Å². The summed E-state index contributed by atoms with van der Waals surface area (Å²) >= 11 is 0. The Morgan fingerprint density at radius 3 is 2.58 bits per heavy atom. The van der Waals surface area contributed by atoms with Crippen molar-refractivity contribution in [1.82, 2.24) is 0 Å². The number of piperidine rings is 1. The first kappa shape index (κ1) is 14.4. The molecule has 2 rings (SSSR count). The Morgan fingerprint density at radius 1 is 1.26 bits per heavy atom. The van der Waals surface area contributed by atoms with Gasteiger partial charge in [0, 0.05) is 18.8 Å². The summed E-state index contributed by atoms with van der Waals surface area (Å²) < 4.78 is 0. The normalized spacial score (nSPS) is 22.6. The van der Waals surface area contributed by atoms with Gasteiger partial charge >= 0.3 is 0 Å². The van der Waals surface area contributed by atoms with Gasteiger partial charge in [-0.2, -0.15) is 0 Å². The van der Waals surface area contributed by atoms with Gasteiger partial charge in [-0.1, -0.05) is 19.9 Å². The van der Waals surface area contributed by atoms with Gasteiger partial charge in [-0.05, 0) is 67.8 Å². The van der Waals surface area contributed by atoms with Gasteiger partial charge in [0.25, 0.3) is 0 Å². The average Bonchev–Trinajstić information content (AvgIpc) is 2.35. The standard InChI is InChI=1S/C17H28N2/c1-13-5-6-16(11-14(13)2)19-10-8-15(7-9-18)17(3,4)12-19/h5-6,11,15H,7-10,12,18H2,1-4H3. The van der Waals surface area contributed by atoms with Gasteiger partial charge in [-0.3, -0.25) is 0 Å². The molecule has 0 aliphatic carbocycles. The van der Waals surface area contributed by atoms with Crippen LogP contribution in [0.4, 0.5) is 5.69 Å². The van der Waals surface area contributed by atoms with Crippen molar-refractivity contribution in [3.05, 3.63) is 29.3 Å². The molecule has 0 saturated carbocycles. The Hall–Kier alpha value is -1.02. The minimum absolute atomic E-state index is 0.358. The maximum absolute atomic E-state index is 5.75. The minimum Gasteiger partial charge on any atom is -0.371 e. The molecular formula is C17H28N2. The van der Waals surface area contributed by atoms with Crippen LogP contribution in [0, 0.1) is 25.2 Å². The molecule has 1 aromatic rings.